The average molecular weight is 472 g/mol. The number of ether oxygens (including phenoxy) is 1. The number of carbonyl (C=O) groups is 1. The molecule has 0 spiro atoms. The highest BCUT2D eigenvalue weighted by Crippen LogP contribution is 2.35. The van der Waals surface area contributed by atoms with Crippen LogP contribution in [0.15, 0.2) is 16.6 Å². The number of halogens is 4. The highest BCUT2D eigenvalue weighted by molar-refractivity contribution is 9.09. The van der Waals surface area contributed by atoms with Crippen LogP contribution in [-0.2, 0) is 4.74 Å². The van der Waals surface area contributed by atoms with Gasteiger partial charge in [-0.05, 0) is 39.0 Å². The van der Waals surface area contributed by atoms with Crippen LogP contribution in [0.2, 0.25) is 0 Å². The lowest BCUT2D eigenvalue weighted by atomic mass is 9.89. The second kappa shape index (κ2) is 9.07. The Morgan fingerprint density at radius 1 is 1.33 bits per heavy atom. The van der Waals surface area contributed by atoms with Crippen molar-refractivity contribution in [2.75, 3.05) is 19.6 Å². The van der Waals surface area contributed by atoms with Crippen molar-refractivity contribution in [3.63, 3.8) is 0 Å². The van der Waals surface area contributed by atoms with Gasteiger partial charge in [-0.25, -0.2) is 4.79 Å². The number of allylic oxidation sites excluding steroid dienone is 1. The molecule has 27 heavy (non-hydrogen) atoms. The number of nitrogens with one attached hydrogen (secondary N) is 1. The topological polar surface area (TPSA) is 53.9 Å². The molecule has 0 aromatic heterocycles. The van der Waals surface area contributed by atoms with Gasteiger partial charge in [-0.1, -0.05) is 22.0 Å². The Morgan fingerprint density at radius 2 is 1.96 bits per heavy atom. The van der Waals surface area contributed by atoms with Crippen molar-refractivity contribution in [3.05, 3.63) is 11.5 Å². The second-order valence-corrected chi connectivity index (χ2v) is 9.67. The zero-order valence-electron chi connectivity index (χ0n) is 15.6. The molecule has 0 aromatic rings. The minimum absolute atomic E-state index is 0.0156. The van der Waals surface area contributed by atoms with Gasteiger partial charge in [0.25, 0.3) is 0 Å². The van der Waals surface area contributed by atoms with Gasteiger partial charge in [0.05, 0.1) is 15.8 Å². The predicted octanol–water partition coefficient (Wildman–Crippen LogP) is 4.53. The van der Waals surface area contributed by atoms with E-state index in [1.807, 2.05) is 32.3 Å². The third-order valence-electron chi connectivity index (χ3n) is 4.12. The lowest BCUT2D eigenvalue weighted by Crippen LogP contribution is -2.45. The monoisotopic (exact) mass is 471 g/mol. The van der Waals surface area contributed by atoms with E-state index in [1.165, 1.54) is 0 Å². The summed E-state index contributed by atoms with van der Waals surface area (Å²) < 4.78 is 42.8. The third kappa shape index (κ3) is 7.21. The summed E-state index contributed by atoms with van der Waals surface area (Å²) in [5.41, 5.74) is 2.33. The standard InChI is InChI=1S/C17H25BrF3N3O2S/c1-16(2,3)26-15(25)24-7-4-11(5-8-24)13(14-12(18)6-9-27-14)23-22-10-17(19,20)21/h6,9,11-12,14,22H,4-5,7-8,10H2,1-3H3/b23-13+. The number of nitrogens with zero attached hydrogens (tertiary/aromatic N) is 2. The predicted molar refractivity (Wildman–Crippen MR) is 105 cm³/mol. The van der Waals surface area contributed by atoms with Crippen LogP contribution in [0.25, 0.3) is 0 Å². The summed E-state index contributed by atoms with van der Waals surface area (Å²) in [5, 5.41) is 5.99. The molecule has 0 bridgehead atoms. The number of hydrogen-bond acceptors (Lipinski definition) is 5. The molecule has 1 amide bonds. The molecule has 5 nitrogen and oxygen atoms in total. The van der Waals surface area contributed by atoms with Gasteiger partial charge in [0.1, 0.15) is 12.1 Å². The van der Waals surface area contributed by atoms with E-state index in [1.54, 1.807) is 16.7 Å². The molecule has 10 heteroatoms. The summed E-state index contributed by atoms with van der Waals surface area (Å²) in [6, 6.07) is 0. The van der Waals surface area contributed by atoms with E-state index in [0.29, 0.717) is 31.6 Å². The van der Waals surface area contributed by atoms with Crippen LogP contribution in [0.3, 0.4) is 0 Å². The Labute approximate surface area is 170 Å². The van der Waals surface area contributed by atoms with E-state index in [9.17, 15) is 18.0 Å². The van der Waals surface area contributed by atoms with Crippen LogP contribution in [0.1, 0.15) is 33.6 Å². The molecule has 1 N–H and O–H groups in total. The number of hydrogen-bond donors (Lipinski definition) is 1. The van der Waals surface area contributed by atoms with E-state index in [0.717, 1.165) is 0 Å². The molecule has 2 heterocycles. The van der Waals surface area contributed by atoms with Gasteiger partial charge in [-0.3, -0.25) is 0 Å². The van der Waals surface area contributed by atoms with Gasteiger partial charge >= 0.3 is 12.3 Å². The first kappa shape index (κ1) is 22.4. The van der Waals surface area contributed by atoms with Crippen molar-refractivity contribution in [1.82, 2.24) is 10.3 Å². The first-order chi connectivity index (χ1) is 12.5. The molecule has 154 valence electrons. The maximum Gasteiger partial charge on any atom is 0.410 e. The Kier molecular flexibility index (Phi) is 7.52. The number of thioether (sulfide) groups is 1. The molecular weight excluding hydrogens is 447 g/mol. The van der Waals surface area contributed by atoms with Gasteiger partial charge in [0.15, 0.2) is 0 Å². The zero-order chi connectivity index (χ0) is 20.2. The number of hydrazone groups is 1. The molecular formula is C17H25BrF3N3O2S. The number of alkyl halides is 4. The zero-order valence-corrected chi connectivity index (χ0v) is 18.0. The molecule has 0 aromatic carbocycles. The average Bonchev–Trinajstić information content (AvgIpc) is 2.95. The minimum atomic E-state index is -4.32. The summed E-state index contributed by atoms with van der Waals surface area (Å²) in [6.07, 6.45) is -1.43. The first-order valence-electron chi connectivity index (χ1n) is 8.77. The fourth-order valence-corrected chi connectivity index (χ4v) is 4.96. The van der Waals surface area contributed by atoms with E-state index in [4.69, 9.17) is 4.74 Å². The second-order valence-electron chi connectivity index (χ2n) is 7.56. The van der Waals surface area contributed by atoms with Gasteiger partial charge in [0, 0.05) is 19.0 Å². The van der Waals surface area contributed by atoms with Gasteiger partial charge in [-0.2, -0.15) is 18.3 Å². The van der Waals surface area contributed by atoms with Crippen molar-refractivity contribution in [2.24, 2.45) is 11.0 Å². The fraction of sp³-hybridized carbons (Fsp3) is 0.765. The molecule has 2 aliphatic heterocycles. The number of carbonyl (C=O) groups excluding carboxylic acids is 1. The Morgan fingerprint density at radius 3 is 2.44 bits per heavy atom. The fourth-order valence-electron chi connectivity index (χ4n) is 2.91. The normalized spacial score (nSPS) is 25.0. The van der Waals surface area contributed by atoms with Crippen molar-refractivity contribution in [3.8, 4) is 0 Å². The molecule has 0 saturated carbocycles. The SMILES string of the molecule is CC(C)(C)OC(=O)N1CCC(/C(=N\NCC(F)(F)F)C2SC=CC2Br)CC1. The summed E-state index contributed by atoms with van der Waals surface area (Å²) in [6.45, 7) is 5.27. The van der Waals surface area contributed by atoms with E-state index in [-0.39, 0.29) is 22.1 Å². The lowest BCUT2D eigenvalue weighted by molar-refractivity contribution is -0.124. The Balaban J connectivity index is 2.00. The van der Waals surface area contributed by atoms with E-state index < -0.39 is 18.3 Å². The molecule has 1 fully saturated rings. The van der Waals surface area contributed by atoms with Crippen LogP contribution in [-0.4, -0.2) is 58.2 Å². The van der Waals surface area contributed by atoms with Gasteiger partial charge in [0.2, 0.25) is 0 Å². The van der Waals surface area contributed by atoms with Gasteiger partial charge < -0.3 is 15.1 Å². The summed E-state index contributed by atoms with van der Waals surface area (Å²) in [4.78, 5) is 13.9. The highest BCUT2D eigenvalue weighted by Gasteiger charge is 2.36. The maximum atomic E-state index is 12.5. The molecule has 2 aliphatic rings. The molecule has 0 radical (unpaired) electrons. The van der Waals surface area contributed by atoms with Crippen molar-refractivity contribution < 1.29 is 22.7 Å². The highest BCUT2D eigenvalue weighted by atomic mass is 79.9. The summed E-state index contributed by atoms with van der Waals surface area (Å²) >= 11 is 5.09. The number of amides is 1. The van der Waals surface area contributed by atoms with Crippen molar-refractivity contribution in [2.45, 2.75) is 55.5 Å². The van der Waals surface area contributed by atoms with Crippen LogP contribution in [0.5, 0.6) is 0 Å². The quantitative estimate of drug-likeness (QED) is 0.371. The minimum Gasteiger partial charge on any atom is -0.444 e. The summed E-state index contributed by atoms with van der Waals surface area (Å²) in [7, 11) is 0. The number of likely N-dealkylation sites (tertiary alicyclic amines) is 1. The lowest BCUT2D eigenvalue weighted by Gasteiger charge is -2.35. The number of piperidine rings is 1. The maximum absolute atomic E-state index is 12.5. The molecule has 2 unspecified atom stereocenters. The van der Waals surface area contributed by atoms with Gasteiger partial charge in [-0.15, -0.1) is 11.8 Å². The Hall–Kier alpha value is -0.900. The molecule has 0 aliphatic carbocycles. The molecule has 2 rings (SSSR count). The Bertz CT molecular complexity index is 585. The number of rotatable bonds is 4. The first-order valence-corrected chi connectivity index (χ1v) is 10.6. The van der Waals surface area contributed by atoms with Crippen LogP contribution in [0, 0.1) is 5.92 Å². The smallest absolute Gasteiger partial charge is 0.410 e. The largest absolute Gasteiger partial charge is 0.444 e. The van der Waals surface area contributed by atoms with Crippen LogP contribution >= 0.6 is 27.7 Å². The van der Waals surface area contributed by atoms with Crippen molar-refractivity contribution in [1.29, 1.82) is 0 Å². The van der Waals surface area contributed by atoms with E-state index in [2.05, 4.69) is 26.5 Å². The van der Waals surface area contributed by atoms with E-state index >= 15 is 0 Å². The third-order valence-corrected chi connectivity index (χ3v) is 6.45. The molecule has 1 saturated heterocycles. The van der Waals surface area contributed by atoms with Crippen LogP contribution in [0.4, 0.5) is 18.0 Å². The molecule has 2 atom stereocenters. The van der Waals surface area contributed by atoms with Crippen molar-refractivity contribution >= 4 is 39.5 Å². The van der Waals surface area contributed by atoms with Crippen LogP contribution < -0.4 is 5.43 Å². The summed E-state index contributed by atoms with van der Waals surface area (Å²) in [5.74, 6) is 0.0156.